The second kappa shape index (κ2) is 5.87. The largest absolute Gasteiger partial charge is 0.246 e. The summed E-state index contributed by atoms with van der Waals surface area (Å²) in [5, 5.41) is 0.0188. The van der Waals surface area contributed by atoms with E-state index in [1.807, 2.05) is 31.2 Å². The van der Waals surface area contributed by atoms with Gasteiger partial charge >= 0.3 is 0 Å². The summed E-state index contributed by atoms with van der Waals surface area (Å²) >= 11 is 5.56. The molecule has 0 aliphatic rings. The van der Waals surface area contributed by atoms with E-state index < -0.39 is 10.0 Å². The van der Waals surface area contributed by atoms with E-state index in [4.69, 9.17) is 11.6 Å². The Balaban J connectivity index is 2.23. The van der Waals surface area contributed by atoms with Gasteiger partial charge in [-0.15, -0.1) is 0 Å². The lowest BCUT2D eigenvalue weighted by atomic mass is 10.1. The Hall–Kier alpha value is -1.50. The monoisotopic (exact) mass is 311 g/mol. The molecule has 0 saturated carbocycles. The van der Waals surface area contributed by atoms with Gasteiger partial charge in [0, 0.05) is 13.6 Å². The molecule has 0 radical (unpaired) electrons. The second-order valence-electron chi connectivity index (χ2n) is 4.44. The van der Waals surface area contributed by atoms with Gasteiger partial charge in [0.05, 0.1) is 12.4 Å². The molecule has 0 saturated heterocycles. The van der Waals surface area contributed by atoms with E-state index in [0.29, 0.717) is 0 Å². The normalized spacial score (nSPS) is 11.8. The van der Waals surface area contributed by atoms with Crippen molar-refractivity contribution in [2.45, 2.75) is 18.4 Å². The molecule has 2 aromatic rings. The molecule has 106 valence electrons. The number of rotatable bonds is 4. The maximum Gasteiger partial charge on any atom is 0.246 e. The van der Waals surface area contributed by atoms with Crippen molar-refractivity contribution >= 4 is 21.6 Å². The Morgan fingerprint density at radius 2 is 1.90 bits per heavy atom. The first-order chi connectivity index (χ1) is 9.39. The molecule has 5 nitrogen and oxygen atoms in total. The number of halogens is 1. The number of nitrogens with zero attached hydrogens (tertiary/aromatic N) is 3. The zero-order chi connectivity index (χ0) is 14.8. The fourth-order valence-corrected chi connectivity index (χ4v) is 2.91. The Morgan fingerprint density at radius 3 is 2.50 bits per heavy atom. The Kier molecular flexibility index (Phi) is 4.37. The van der Waals surface area contributed by atoms with E-state index >= 15 is 0 Å². The number of benzene rings is 1. The zero-order valence-corrected chi connectivity index (χ0v) is 12.7. The van der Waals surface area contributed by atoms with Crippen LogP contribution in [0.3, 0.4) is 0 Å². The van der Waals surface area contributed by atoms with E-state index in [1.54, 1.807) is 0 Å². The van der Waals surface area contributed by atoms with Crippen LogP contribution < -0.4 is 0 Å². The third-order valence-corrected chi connectivity index (χ3v) is 4.74. The summed E-state index contributed by atoms with van der Waals surface area (Å²) in [6, 6.07) is 7.70. The van der Waals surface area contributed by atoms with E-state index in [1.165, 1.54) is 23.7 Å². The minimum absolute atomic E-state index is 0.0188. The van der Waals surface area contributed by atoms with Gasteiger partial charge in [0.25, 0.3) is 0 Å². The summed E-state index contributed by atoms with van der Waals surface area (Å²) in [5.74, 6) is 0. The first kappa shape index (κ1) is 14.9. The van der Waals surface area contributed by atoms with Gasteiger partial charge < -0.3 is 0 Å². The van der Waals surface area contributed by atoms with E-state index in [0.717, 1.165) is 11.1 Å². The maximum atomic E-state index is 12.3. The van der Waals surface area contributed by atoms with E-state index in [2.05, 4.69) is 9.97 Å². The number of hydrogen-bond donors (Lipinski definition) is 0. The minimum atomic E-state index is -3.62. The fraction of sp³-hybridized carbons (Fsp3) is 0.231. The molecule has 0 aliphatic carbocycles. The summed E-state index contributed by atoms with van der Waals surface area (Å²) in [7, 11) is -2.10. The van der Waals surface area contributed by atoms with Crippen molar-refractivity contribution in [1.82, 2.24) is 14.3 Å². The van der Waals surface area contributed by atoms with Crippen molar-refractivity contribution < 1.29 is 8.42 Å². The topological polar surface area (TPSA) is 63.2 Å². The SMILES string of the molecule is Cc1cccc(CN(C)S(=O)(=O)c2cnc(Cl)nc2)c1. The summed E-state index contributed by atoms with van der Waals surface area (Å²) in [5.41, 5.74) is 2.01. The molecular formula is C13H14ClN3O2S. The highest BCUT2D eigenvalue weighted by Gasteiger charge is 2.21. The van der Waals surface area contributed by atoms with Crippen molar-refractivity contribution in [2.75, 3.05) is 7.05 Å². The summed E-state index contributed by atoms with van der Waals surface area (Å²) in [6.07, 6.45) is 2.41. The maximum absolute atomic E-state index is 12.3. The van der Waals surface area contributed by atoms with Gasteiger partial charge in [-0.05, 0) is 24.1 Å². The molecule has 0 fully saturated rings. The highest BCUT2D eigenvalue weighted by molar-refractivity contribution is 7.89. The van der Waals surface area contributed by atoms with Gasteiger partial charge in [-0.1, -0.05) is 29.8 Å². The van der Waals surface area contributed by atoms with Crippen LogP contribution in [0.5, 0.6) is 0 Å². The lowest BCUT2D eigenvalue weighted by Crippen LogP contribution is -2.26. The van der Waals surface area contributed by atoms with Crippen LogP contribution in [0.4, 0.5) is 0 Å². The molecule has 20 heavy (non-hydrogen) atoms. The van der Waals surface area contributed by atoms with Crippen molar-refractivity contribution in [1.29, 1.82) is 0 Å². The van der Waals surface area contributed by atoms with Crippen molar-refractivity contribution in [3.63, 3.8) is 0 Å². The van der Waals surface area contributed by atoms with Crippen LogP contribution in [-0.4, -0.2) is 29.7 Å². The summed E-state index contributed by atoms with van der Waals surface area (Å²) < 4.78 is 25.9. The van der Waals surface area contributed by atoms with Crippen LogP contribution in [0, 0.1) is 6.92 Å². The van der Waals surface area contributed by atoms with Crippen LogP contribution in [0.2, 0.25) is 5.28 Å². The van der Waals surface area contributed by atoms with Crippen LogP contribution in [-0.2, 0) is 16.6 Å². The van der Waals surface area contributed by atoms with Crippen molar-refractivity contribution in [3.8, 4) is 0 Å². The Morgan fingerprint density at radius 1 is 1.25 bits per heavy atom. The molecular weight excluding hydrogens is 298 g/mol. The molecule has 2 rings (SSSR count). The number of hydrogen-bond acceptors (Lipinski definition) is 4. The second-order valence-corrected chi connectivity index (χ2v) is 6.82. The molecule has 1 aromatic heterocycles. The van der Waals surface area contributed by atoms with Crippen molar-refractivity contribution in [3.05, 3.63) is 53.1 Å². The first-order valence-corrected chi connectivity index (χ1v) is 7.71. The molecule has 0 unspecified atom stereocenters. The van der Waals surface area contributed by atoms with Crippen molar-refractivity contribution in [2.24, 2.45) is 0 Å². The quantitative estimate of drug-likeness (QED) is 0.813. The Bertz CT molecular complexity index is 702. The summed E-state index contributed by atoms with van der Waals surface area (Å²) in [6.45, 7) is 2.25. The van der Waals surface area contributed by atoms with Crippen LogP contribution >= 0.6 is 11.6 Å². The molecule has 0 spiro atoms. The minimum Gasteiger partial charge on any atom is -0.225 e. The van der Waals surface area contributed by atoms with Crippen LogP contribution in [0.25, 0.3) is 0 Å². The van der Waals surface area contributed by atoms with Gasteiger partial charge in [0.2, 0.25) is 15.3 Å². The lowest BCUT2D eigenvalue weighted by molar-refractivity contribution is 0.466. The number of sulfonamides is 1. The number of aryl methyl sites for hydroxylation is 1. The molecule has 1 aromatic carbocycles. The molecule has 0 atom stereocenters. The standard InChI is InChI=1S/C13H14ClN3O2S/c1-10-4-3-5-11(6-10)9-17(2)20(18,19)12-7-15-13(14)16-8-12/h3-8H,9H2,1-2H3. The fourth-order valence-electron chi connectivity index (χ4n) is 1.77. The third kappa shape index (κ3) is 3.33. The van der Waals surface area contributed by atoms with E-state index in [9.17, 15) is 8.42 Å². The van der Waals surface area contributed by atoms with E-state index in [-0.39, 0.29) is 16.7 Å². The predicted octanol–water partition coefficient (Wildman–Crippen LogP) is 2.26. The predicted molar refractivity (Wildman–Crippen MR) is 76.9 cm³/mol. The number of aromatic nitrogens is 2. The molecule has 0 bridgehead atoms. The van der Waals surface area contributed by atoms with Gasteiger partial charge in [0.1, 0.15) is 4.90 Å². The molecule has 1 heterocycles. The first-order valence-electron chi connectivity index (χ1n) is 5.89. The van der Waals surface area contributed by atoms with Gasteiger partial charge in [0.15, 0.2) is 0 Å². The van der Waals surface area contributed by atoms with Crippen LogP contribution in [0.15, 0.2) is 41.6 Å². The highest BCUT2D eigenvalue weighted by atomic mass is 35.5. The molecule has 0 amide bonds. The van der Waals surface area contributed by atoms with Gasteiger partial charge in [-0.2, -0.15) is 4.31 Å². The van der Waals surface area contributed by atoms with Gasteiger partial charge in [-0.25, -0.2) is 18.4 Å². The van der Waals surface area contributed by atoms with Crippen LogP contribution in [0.1, 0.15) is 11.1 Å². The molecule has 0 aliphatic heterocycles. The average molecular weight is 312 g/mol. The smallest absolute Gasteiger partial charge is 0.225 e. The Labute approximate surface area is 123 Å². The summed E-state index contributed by atoms with van der Waals surface area (Å²) in [4.78, 5) is 7.42. The average Bonchev–Trinajstić information content (AvgIpc) is 2.39. The zero-order valence-electron chi connectivity index (χ0n) is 11.1. The highest BCUT2D eigenvalue weighted by Crippen LogP contribution is 2.16. The van der Waals surface area contributed by atoms with Gasteiger partial charge in [-0.3, -0.25) is 0 Å². The molecule has 7 heteroatoms. The molecule has 0 N–H and O–H groups in total. The third-order valence-electron chi connectivity index (χ3n) is 2.79. The lowest BCUT2D eigenvalue weighted by Gasteiger charge is -2.17.